The highest BCUT2D eigenvalue weighted by Gasteiger charge is 2.27. The Bertz CT molecular complexity index is 943. The van der Waals surface area contributed by atoms with Gasteiger partial charge in [0.15, 0.2) is 5.76 Å². The van der Waals surface area contributed by atoms with Crippen molar-refractivity contribution in [3.05, 3.63) is 65.4 Å². The maximum Gasteiger partial charge on any atom is 0.293 e. The molecule has 7 nitrogen and oxygen atoms in total. The molecule has 0 bridgehead atoms. The summed E-state index contributed by atoms with van der Waals surface area (Å²) in [6.45, 7) is 2.26. The van der Waals surface area contributed by atoms with Crippen LogP contribution in [0.15, 0.2) is 51.7 Å². The summed E-state index contributed by atoms with van der Waals surface area (Å²) < 4.78 is 10.1. The summed E-state index contributed by atoms with van der Waals surface area (Å²) >= 11 is 0. The maximum absolute atomic E-state index is 12.6. The third-order valence-electron chi connectivity index (χ3n) is 4.21. The Labute approximate surface area is 143 Å². The van der Waals surface area contributed by atoms with E-state index in [1.807, 2.05) is 12.1 Å². The first-order valence-corrected chi connectivity index (χ1v) is 7.84. The van der Waals surface area contributed by atoms with Crippen molar-refractivity contribution in [3.63, 3.8) is 0 Å². The predicted molar refractivity (Wildman–Crippen MR) is 89.7 cm³/mol. The minimum Gasteiger partial charge on any atom is -0.459 e. The van der Waals surface area contributed by atoms with Gasteiger partial charge in [-0.15, -0.1) is 0 Å². The van der Waals surface area contributed by atoms with Crippen molar-refractivity contribution in [2.75, 3.05) is 16.8 Å². The molecule has 126 valence electrons. The predicted octanol–water partition coefficient (Wildman–Crippen LogP) is 3.03. The molecule has 4 rings (SSSR count). The zero-order valence-corrected chi connectivity index (χ0v) is 13.5. The number of carbonyl (C=O) groups is 2. The van der Waals surface area contributed by atoms with Crippen LogP contribution >= 0.6 is 0 Å². The number of rotatable bonds is 3. The molecule has 0 unspecified atom stereocenters. The molecule has 0 fully saturated rings. The molecule has 0 spiro atoms. The number of fused-ring (bicyclic) bond motifs is 1. The highest BCUT2D eigenvalue weighted by Crippen LogP contribution is 2.32. The van der Waals surface area contributed by atoms with Gasteiger partial charge in [-0.1, -0.05) is 11.2 Å². The Morgan fingerprint density at radius 2 is 2.16 bits per heavy atom. The van der Waals surface area contributed by atoms with Crippen LogP contribution in [0, 0.1) is 6.92 Å². The van der Waals surface area contributed by atoms with Gasteiger partial charge in [0.1, 0.15) is 11.3 Å². The summed E-state index contributed by atoms with van der Waals surface area (Å²) in [6, 6.07) is 8.86. The number of anilines is 2. The summed E-state index contributed by atoms with van der Waals surface area (Å²) in [7, 11) is 0. The largest absolute Gasteiger partial charge is 0.459 e. The zero-order chi connectivity index (χ0) is 17.4. The molecule has 25 heavy (non-hydrogen) atoms. The van der Waals surface area contributed by atoms with Gasteiger partial charge >= 0.3 is 0 Å². The molecule has 1 N–H and O–H groups in total. The van der Waals surface area contributed by atoms with Crippen molar-refractivity contribution in [2.45, 2.75) is 13.3 Å². The second kappa shape index (κ2) is 5.94. The highest BCUT2D eigenvalue weighted by atomic mass is 16.5. The zero-order valence-electron chi connectivity index (χ0n) is 13.5. The van der Waals surface area contributed by atoms with E-state index < -0.39 is 0 Å². The Balaban J connectivity index is 1.59. The van der Waals surface area contributed by atoms with Crippen molar-refractivity contribution in [1.29, 1.82) is 0 Å². The molecule has 0 aliphatic carbocycles. The summed E-state index contributed by atoms with van der Waals surface area (Å²) in [6.07, 6.45) is 3.62. The van der Waals surface area contributed by atoms with E-state index in [2.05, 4.69) is 10.5 Å². The SMILES string of the molecule is Cc1oncc1C(=O)Nc1ccc2c(c1)N(C(=O)c1ccco1)CC2. The smallest absolute Gasteiger partial charge is 0.293 e. The number of carbonyl (C=O) groups excluding carboxylic acids is 2. The summed E-state index contributed by atoms with van der Waals surface area (Å²) in [5.41, 5.74) is 2.81. The number of furan rings is 1. The molecule has 7 heteroatoms. The lowest BCUT2D eigenvalue weighted by Crippen LogP contribution is -2.28. The minimum absolute atomic E-state index is 0.192. The molecule has 0 saturated carbocycles. The van der Waals surface area contributed by atoms with Crippen LogP contribution in [-0.2, 0) is 6.42 Å². The van der Waals surface area contributed by atoms with Gasteiger partial charge < -0.3 is 19.2 Å². The normalized spacial score (nSPS) is 12.9. The van der Waals surface area contributed by atoms with Crippen molar-refractivity contribution >= 4 is 23.2 Å². The Kier molecular flexibility index (Phi) is 3.61. The van der Waals surface area contributed by atoms with E-state index >= 15 is 0 Å². The number of hydrogen-bond donors (Lipinski definition) is 1. The Morgan fingerprint density at radius 3 is 2.88 bits per heavy atom. The second-order valence-corrected chi connectivity index (χ2v) is 5.78. The number of nitrogens with one attached hydrogen (secondary N) is 1. The van der Waals surface area contributed by atoms with Gasteiger partial charge in [-0.3, -0.25) is 9.59 Å². The third kappa shape index (κ3) is 2.69. The lowest BCUT2D eigenvalue weighted by atomic mass is 10.1. The van der Waals surface area contributed by atoms with Crippen molar-refractivity contribution < 1.29 is 18.5 Å². The van der Waals surface area contributed by atoms with Crippen LogP contribution in [0.5, 0.6) is 0 Å². The van der Waals surface area contributed by atoms with Crippen molar-refractivity contribution in [1.82, 2.24) is 5.16 Å². The first-order valence-electron chi connectivity index (χ1n) is 7.84. The molecule has 0 saturated heterocycles. The van der Waals surface area contributed by atoms with E-state index in [0.29, 0.717) is 29.3 Å². The van der Waals surface area contributed by atoms with Crippen LogP contribution in [-0.4, -0.2) is 23.5 Å². The molecule has 3 aromatic rings. The molecule has 1 aromatic carbocycles. The average Bonchev–Trinajstić information content (AvgIpc) is 3.34. The number of hydrogen-bond acceptors (Lipinski definition) is 5. The van der Waals surface area contributed by atoms with Crippen LogP contribution < -0.4 is 10.2 Å². The topological polar surface area (TPSA) is 88.6 Å². The lowest BCUT2D eigenvalue weighted by molar-refractivity contribution is 0.0962. The fourth-order valence-corrected chi connectivity index (χ4v) is 2.92. The maximum atomic E-state index is 12.6. The highest BCUT2D eigenvalue weighted by molar-refractivity contribution is 6.07. The minimum atomic E-state index is -0.305. The van der Waals surface area contributed by atoms with Gasteiger partial charge in [0.05, 0.1) is 12.5 Å². The molecule has 2 aromatic heterocycles. The van der Waals surface area contributed by atoms with Gasteiger partial charge in [-0.05, 0) is 43.2 Å². The average molecular weight is 337 g/mol. The fraction of sp³-hybridized carbons (Fsp3) is 0.167. The molecule has 0 radical (unpaired) electrons. The van der Waals surface area contributed by atoms with E-state index in [0.717, 1.165) is 17.7 Å². The van der Waals surface area contributed by atoms with Gasteiger partial charge in [0.2, 0.25) is 0 Å². The molecular weight excluding hydrogens is 322 g/mol. The number of amides is 2. The quantitative estimate of drug-likeness (QED) is 0.793. The molecule has 2 amide bonds. The van der Waals surface area contributed by atoms with Gasteiger partial charge in [0.25, 0.3) is 11.8 Å². The molecule has 3 heterocycles. The van der Waals surface area contributed by atoms with Crippen LogP contribution in [0.1, 0.15) is 32.2 Å². The van der Waals surface area contributed by atoms with Crippen LogP contribution in [0.2, 0.25) is 0 Å². The summed E-state index contributed by atoms with van der Waals surface area (Å²) in [4.78, 5) is 26.5. The van der Waals surface area contributed by atoms with E-state index in [1.165, 1.54) is 12.5 Å². The fourth-order valence-electron chi connectivity index (χ4n) is 2.92. The Morgan fingerprint density at radius 1 is 1.28 bits per heavy atom. The standard InChI is InChI=1S/C18H15N3O4/c1-11-14(10-19-25-11)17(22)20-13-5-4-12-6-7-21(15(12)9-13)18(23)16-3-2-8-24-16/h2-5,8-10H,6-7H2,1H3,(H,20,22). The summed E-state index contributed by atoms with van der Waals surface area (Å²) in [5, 5.41) is 6.42. The van der Waals surface area contributed by atoms with Gasteiger partial charge in [-0.2, -0.15) is 0 Å². The first-order chi connectivity index (χ1) is 12.1. The van der Waals surface area contributed by atoms with Gasteiger partial charge in [-0.25, -0.2) is 0 Å². The summed E-state index contributed by atoms with van der Waals surface area (Å²) in [5.74, 6) is 0.249. The third-order valence-corrected chi connectivity index (χ3v) is 4.21. The Hall–Kier alpha value is -3.35. The second-order valence-electron chi connectivity index (χ2n) is 5.78. The lowest BCUT2D eigenvalue weighted by Gasteiger charge is -2.16. The number of aryl methyl sites for hydroxylation is 1. The van der Waals surface area contributed by atoms with Crippen LogP contribution in [0.3, 0.4) is 0 Å². The molecule has 0 atom stereocenters. The molecule has 1 aliphatic heterocycles. The van der Waals surface area contributed by atoms with E-state index in [1.54, 1.807) is 30.0 Å². The van der Waals surface area contributed by atoms with Crippen molar-refractivity contribution in [3.8, 4) is 0 Å². The number of benzene rings is 1. The number of aromatic nitrogens is 1. The van der Waals surface area contributed by atoms with E-state index in [9.17, 15) is 9.59 Å². The monoisotopic (exact) mass is 337 g/mol. The van der Waals surface area contributed by atoms with E-state index in [4.69, 9.17) is 8.94 Å². The van der Waals surface area contributed by atoms with E-state index in [-0.39, 0.29) is 11.8 Å². The van der Waals surface area contributed by atoms with Crippen molar-refractivity contribution in [2.24, 2.45) is 0 Å². The number of nitrogens with zero attached hydrogens (tertiary/aromatic N) is 2. The van der Waals surface area contributed by atoms with Gasteiger partial charge in [0, 0.05) is 17.9 Å². The first kappa shape index (κ1) is 15.2. The van der Waals surface area contributed by atoms with Crippen LogP contribution in [0.25, 0.3) is 0 Å². The molecular formula is C18H15N3O4. The molecule has 1 aliphatic rings. The van der Waals surface area contributed by atoms with Crippen LogP contribution in [0.4, 0.5) is 11.4 Å².